The molecule has 0 spiro atoms. The first-order chi connectivity index (χ1) is 12.1. The molecule has 0 bridgehead atoms. The maximum atomic E-state index is 12.2. The normalized spacial score (nSPS) is 11.5. The highest BCUT2D eigenvalue weighted by Crippen LogP contribution is 2.30. The van der Waals surface area contributed by atoms with Gasteiger partial charge in [0.15, 0.2) is 0 Å². The third-order valence-electron chi connectivity index (χ3n) is 4.13. The second-order valence-electron chi connectivity index (χ2n) is 6.77. The fourth-order valence-corrected chi connectivity index (χ4v) is 2.96. The Morgan fingerprint density at radius 1 is 1.20 bits per heavy atom. The second-order valence-corrected chi connectivity index (χ2v) is 6.77. The number of ether oxygens (including phenoxy) is 1. The van der Waals surface area contributed by atoms with Gasteiger partial charge in [-0.3, -0.25) is 4.79 Å². The van der Waals surface area contributed by atoms with E-state index in [0.717, 1.165) is 40.3 Å². The Bertz CT molecular complexity index is 851. The average molecular weight is 339 g/mol. The van der Waals surface area contributed by atoms with Gasteiger partial charge < -0.3 is 14.5 Å². The average Bonchev–Trinajstić information content (AvgIpc) is 3.01. The first-order valence-electron chi connectivity index (χ1n) is 8.87. The van der Waals surface area contributed by atoms with Crippen LogP contribution in [0.5, 0.6) is 0 Å². The highest BCUT2D eigenvalue weighted by atomic mass is 16.5. The molecule has 4 nitrogen and oxygen atoms in total. The molecule has 0 aliphatic rings. The molecule has 3 rings (SSSR count). The zero-order valence-corrected chi connectivity index (χ0v) is 14.9. The van der Waals surface area contributed by atoms with Crippen LogP contribution in [0.15, 0.2) is 47.1 Å². The molecular formula is C21H25NO3. The van der Waals surface area contributed by atoms with Gasteiger partial charge in [-0.2, -0.15) is 0 Å². The summed E-state index contributed by atoms with van der Waals surface area (Å²) >= 11 is 0. The molecule has 4 heteroatoms. The molecule has 1 amide bonds. The summed E-state index contributed by atoms with van der Waals surface area (Å²) in [4.78, 5) is 12.2. The summed E-state index contributed by atoms with van der Waals surface area (Å²) in [5.74, 6) is 0.554. The Balaban J connectivity index is 1.59. The van der Waals surface area contributed by atoms with Gasteiger partial charge in [-0.25, -0.2) is 0 Å². The summed E-state index contributed by atoms with van der Waals surface area (Å²) in [6.07, 6.45) is 2.85. The number of furan rings is 1. The van der Waals surface area contributed by atoms with E-state index in [1.807, 2.05) is 24.3 Å². The van der Waals surface area contributed by atoms with Gasteiger partial charge in [-0.05, 0) is 29.2 Å². The smallest absolute Gasteiger partial charge is 0.224 e. The van der Waals surface area contributed by atoms with E-state index in [-0.39, 0.29) is 5.91 Å². The predicted octanol–water partition coefficient (Wildman–Crippen LogP) is 4.31. The molecule has 1 N–H and O–H groups in total. The van der Waals surface area contributed by atoms with Crippen molar-refractivity contribution in [3.8, 4) is 0 Å². The SMILES string of the molecule is CC(C)COCCCNC(=O)Cc1coc2ccc3ccccc3c12. The molecule has 1 aromatic heterocycles. The van der Waals surface area contributed by atoms with Crippen molar-refractivity contribution in [1.29, 1.82) is 0 Å². The van der Waals surface area contributed by atoms with E-state index in [0.29, 0.717) is 25.5 Å². The largest absolute Gasteiger partial charge is 0.464 e. The van der Waals surface area contributed by atoms with E-state index in [4.69, 9.17) is 9.15 Å². The summed E-state index contributed by atoms with van der Waals surface area (Å²) in [5, 5.41) is 6.27. The lowest BCUT2D eigenvalue weighted by molar-refractivity contribution is -0.120. The van der Waals surface area contributed by atoms with E-state index >= 15 is 0 Å². The molecule has 0 atom stereocenters. The van der Waals surface area contributed by atoms with Crippen LogP contribution in [0.3, 0.4) is 0 Å². The van der Waals surface area contributed by atoms with Crippen LogP contribution in [0.25, 0.3) is 21.7 Å². The quantitative estimate of drug-likeness (QED) is 0.622. The van der Waals surface area contributed by atoms with Crippen LogP contribution in [-0.4, -0.2) is 25.7 Å². The molecule has 3 aromatic rings. The van der Waals surface area contributed by atoms with Crippen LogP contribution in [-0.2, 0) is 16.0 Å². The number of benzene rings is 2. The number of carbonyl (C=O) groups excluding carboxylic acids is 1. The van der Waals surface area contributed by atoms with Crippen molar-refractivity contribution in [3.63, 3.8) is 0 Å². The lowest BCUT2D eigenvalue weighted by Crippen LogP contribution is -2.26. The number of amides is 1. The molecular weight excluding hydrogens is 314 g/mol. The molecule has 0 saturated heterocycles. The lowest BCUT2D eigenvalue weighted by Gasteiger charge is -2.08. The molecule has 0 aliphatic carbocycles. The number of rotatable bonds is 8. The number of hydrogen-bond acceptors (Lipinski definition) is 3. The van der Waals surface area contributed by atoms with Crippen LogP contribution in [0.1, 0.15) is 25.8 Å². The highest BCUT2D eigenvalue weighted by molar-refractivity contribution is 6.08. The third kappa shape index (κ3) is 4.40. The van der Waals surface area contributed by atoms with Gasteiger partial charge in [0.2, 0.25) is 5.91 Å². The van der Waals surface area contributed by atoms with Gasteiger partial charge in [0, 0.05) is 30.7 Å². The van der Waals surface area contributed by atoms with Gasteiger partial charge in [0.25, 0.3) is 0 Å². The first-order valence-corrected chi connectivity index (χ1v) is 8.87. The second kappa shape index (κ2) is 8.17. The molecule has 0 fully saturated rings. The van der Waals surface area contributed by atoms with Gasteiger partial charge >= 0.3 is 0 Å². The molecule has 132 valence electrons. The standard InChI is InChI=1S/C21H25NO3/c1-15(2)13-24-11-5-10-22-20(23)12-17-14-25-19-9-8-16-6-3-4-7-18(16)21(17)19/h3-4,6-9,14-15H,5,10-13H2,1-2H3,(H,22,23). The van der Waals surface area contributed by atoms with Crippen molar-refractivity contribution < 1.29 is 13.9 Å². The Morgan fingerprint density at radius 3 is 2.88 bits per heavy atom. The summed E-state index contributed by atoms with van der Waals surface area (Å²) < 4.78 is 11.2. The fourth-order valence-electron chi connectivity index (χ4n) is 2.96. The Hall–Kier alpha value is -2.33. The fraction of sp³-hybridized carbons (Fsp3) is 0.381. The Morgan fingerprint density at radius 2 is 2.04 bits per heavy atom. The van der Waals surface area contributed by atoms with Crippen LogP contribution in [0.4, 0.5) is 0 Å². The van der Waals surface area contributed by atoms with Crippen molar-refractivity contribution in [1.82, 2.24) is 5.32 Å². The van der Waals surface area contributed by atoms with Crippen LogP contribution < -0.4 is 5.32 Å². The van der Waals surface area contributed by atoms with Gasteiger partial charge in [-0.15, -0.1) is 0 Å². The first kappa shape index (κ1) is 17.5. The summed E-state index contributed by atoms with van der Waals surface area (Å²) in [7, 11) is 0. The third-order valence-corrected chi connectivity index (χ3v) is 4.13. The zero-order chi connectivity index (χ0) is 17.6. The number of fused-ring (bicyclic) bond motifs is 3. The molecule has 1 heterocycles. The van der Waals surface area contributed by atoms with Crippen molar-refractivity contribution in [2.75, 3.05) is 19.8 Å². The van der Waals surface area contributed by atoms with Crippen molar-refractivity contribution in [2.45, 2.75) is 26.7 Å². The van der Waals surface area contributed by atoms with E-state index in [1.54, 1.807) is 6.26 Å². The van der Waals surface area contributed by atoms with Gasteiger partial charge in [-0.1, -0.05) is 44.2 Å². The minimum absolute atomic E-state index is 0.0134. The van der Waals surface area contributed by atoms with Crippen molar-refractivity contribution >= 4 is 27.6 Å². The van der Waals surface area contributed by atoms with Crippen molar-refractivity contribution in [3.05, 3.63) is 48.2 Å². The number of carbonyl (C=O) groups is 1. The maximum Gasteiger partial charge on any atom is 0.224 e. The lowest BCUT2D eigenvalue weighted by atomic mass is 10.0. The Kier molecular flexibility index (Phi) is 5.71. The molecule has 2 aromatic carbocycles. The van der Waals surface area contributed by atoms with Crippen molar-refractivity contribution in [2.24, 2.45) is 5.92 Å². The summed E-state index contributed by atoms with van der Waals surface area (Å²) in [6, 6.07) is 12.2. The number of nitrogens with one attached hydrogen (secondary N) is 1. The minimum Gasteiger partial charge on any atom is -0.464 e. The van der Waals surface area contributed by atoms with Crippen LogP contribution in [0, 0.1) is 5.92 Å². The monoisotopic (exact) mass is 339 g/mol. The molecule has 0 aliphatic heterocycles. The molecule has 0 radical (unpaired) electrons. The molecule has 0 unspecified atom stereocenters. The van der Waals surface area contributed by atoms with E-state index in [2.05, 4.69) is 31.3 Å². The molecule has 0 saturated carbocycles. The minimum atomic E-state index is 0.0134. The van der Waals surface area contributed by atoms with Crippen LogP contribution >= 0.6 is 0 Å². The Labute approximate surface area is 148 Å². The van der Waals surface area contributed by atoms with Crippen LogP contribution in [0.2, 0.25) is 0 Å². The van der Waals surface area contributed by atoms with E-state index in [9.17, 15) is 4.79 Å². The molecule has 25 heavy (non-hydrogen) atoms. The van der Waals surface area contributed by atoms with Gasteiger partial charge in [0.1, 0.15) is 5.58 Å². The topological polar surface area (TPSA) is 51.5 Å². The summed E-state index contributed by atoms with van der Waals surface area (Å²) in [6.45, 7) is 6.33. The van der Waals surface area contributed by atoms with E-state index in [1.165, 1.54) is 0 Å². The van der Waals surface area contributed by atoms with E-state index < -0.39 is 0 Å². The van der Waals surface area contributed by atoms with Gasteiger partial charge in [0.05, 0.1) is 12.7 Å². The highest BCUT2D eigenvalue weighted by Gasteiger charge is 2.12. The summed E-state index contributed by atoms with van der Waals surface area (Å²) in [5.41, 5.74) is 1.75. The number of hydrogen-bond donors (Lipinski definition) is 1. The maximum absolute atomic E-state index is 12.2. The zero-order valence-electron chi connectivity index (χ0n) is 14.9. The predicted molar refractivity (Wildman–Crippen MR) is 101 cm³/mol.